The maximum Gasteiger partial charge on any atom is 0.330 e. The Morgan fingerprint density at radius 2 is 2.23 bits per heavy atom. The lowest BCUT2D eigenvalue weighted by Gasteiger charge is -1.88. The molecule has 0 saturated heterocycles. The highest BCUT2D eigenvalue weighted by Gasteiger charge is 1.89. The lowest BCUT2D eigenvalue weighted by molar-refractivity contribution is -0.134. The summed E-state index contributed by atoms with van der Waals surface area (Å²) in [4.78, 5) is 14.4. The van der Waals surface area contributed by atoms with Crippen LogP contribution in [0, 0.1) is 0 Å². The molecule has 0 atom stereocenters. The third-order valence-corrected chi connectivity index (χ3v) is 1.53. The van der Waals surface area contributed by atoms with Gasteiger partial charge in [-0.1, -0.05) is 22.5 Å². The lowest BCUT2D eigenvalue weighted by atomic mass is 10.4. The number of halogens is 1. The van der Waals surface area contributed by atoms with E-state index in [0.717, 1.165) is 4.48 Å². The average Bonchev–Trinajstić information content (AvgIpc) is 2.14. The molecule has 0 unspecified atom stereocenters. The predicted octanol–water partition coefficient (Wildman–Crippen LogP) is 2.21. The summed E-state index contributed by atoms with van der Waals surface area (Å²) in [6, 6.07) is 0. The van der Waals surface area contributed by atoms with Crippen LogP contribution in [0.3, 0.4) is 0 Å². The number of rotatable bonds is 4. The fraction of sp³-hybridized carbons (Fsp3) is 0.111. The van der Waals surface area contributed by atoms with Gasteiger partial charge in [-0.15, -0.1) is 0 Å². The van der Waals surface area contributed by atoms with Crippen molar-refractivity contribution in [1.29, 1.82) is 0 Å². The summed E-state index contributed by atoms with van der Waals surface area (Å²) in [7, 11) is 1.32. The zero-order chi connectivity index (χ0) is 10.1. The molecule has 0 aromatic heterocycles. The van der Waals surface area contributed by atoms with Crippen molar-refractivity contribution in [2.24, 2.45) is 4.99 Å². The van der Waals surface area contributed by atoms with Crippen molar-refractivity contribution in [2.75, 3.05) is 7.11 Å². The van der Waals surface area contributed by atoms with Crippen LogP contribution in [-0.2, 0) is 9.53 Å². The Hall–Kier alpha value is -1.16. The number of aliphatic imine (C=N–C) groups is 1. The molecular weight excluding hydrogens is 234 g/mol. The van der Waals surface area contributed by atoms with Crippen molar-refractivity contribution in [3.05, 3.63) is 35.5 Å². The minimum Gasteiger partial charge on any atom is -0.466 e. The van der Waals surface area contributed by atoms with Crippen molar-refractivity contribution < 1.29 is 9.53 Å². The Bertz CT molecular complexity index is 267. The Morgan fingerprint density at radius 3 is 2.77 bits per heavy atom. The summed E-state index contributed by atoms with van der Waals surface area (Å²) < 4.78 is 5.13. The van der Waals surface area contributed by atoms with Gasteiger partial charge in [-0.25, -0.2) is 4.79 Å². The van der Waals surface area contributed by atoms with Gasteiger partial charge in [0.25, 0.3) is 0 Å². The van der Waals surface area contributed by atoms with Crippen molar-refractivity contribution >= 4 is 28.1 Å². The molecule has 0 aliphatic heterocycles. The Kier molecular flexibility index (Phi) is 6.82. The van der Waals surface area contributed by atoms with Crippen LogP contribution >= 0.6 is 15.9 Å². The number of allylic oxidation sites excluding steroid dienone is 3. The van der Waals surface area contributed by atoms with E-state index < -0.39 is 5.97 Å². The molecule has 0 rings (SSSR count). The van der Waals surface area contributed by atoms with Crippen LogP contribution in [0.1, 0.15) is 0 Å². The second-order valence-electron chi connectivity index (χ2n) is 1.89. The molecule has 0 saturated carbocycles. The summed E-state index contributed by atoms with van der Waals surface area (Å²) in [6.45, 7) is 3.41. The van der Waals surface area contributed by atoms with Crippen LogP contribution in [0.15, 0.2) is 40.5 Å². The van der Waals surface area contributed by atoms with Crippen LogP contribution < -0.4 is 0 Å². The molecule has 0 aromatic rings. The summed E-state index contributed by atoms with van der Waals surface area (Å²) in [5.74, 6) is -0.397. The minimum absolute atomic E-state index is 0.397. The fourth-order valence-electron chi connectivity index (χ4n) is 0.446. The standard InChI is InChI=1S/C9H10BrNO2/c1-3-11-7-6-8(10)4-5-9(12)13-2/h3-7H,1H2,2H3/b5-4+,8-6+,11-7?. The molecule has 70 valence electrons. The van der Waals surface area contributed by atoms with Crippen molar-refractivity contribution in [3.8, 4) is 0 Å². The monoisotopic (exact) mass is 243 g/mol. The van der Waals surface area contributed by atoms with E-state index in [-0.39, 0.29) is 0 Å². The maximum absolute atomic E-state index is 10.6. The van der Waals surface area contributed by atoms with Gasteiger partial charge in [-0.05, 0) is 12.2 Å². The average molecular weight is 244 g/mol. The summed E-state index contributed by atoms with van der Waals surface area (Å²) in [5, 5.41) is 0. The van der Waals surface area contributed by atoms with E-state index in [1.165, 1.54) is 19.4 Å². The first kappa shape index (κ1) is 11.8. The topological polar surface area (TPSA) is 38.7 Å². The van der Waals surface area contributed by atoms with Gasteiger partial charge in [0.2, 0.25) is 0 Å². The number of methoxy groups -OCH3 is 1. The van der Waals surface area contributed by atoms with E-state index in [9.17, 15) is 4.79 Å². The third kappa shape index (κ3) is 7.21. The van der Waals surface area contributed by atoms with E-state index in [1.54, 1.807) is 18.4 Å². The second-order valence-corrected chi connectivity index (χ2v) is 2.80. The van der Waals surface area contributed by atoms with Gasteiger partial charge in [-0.2, -0.15) is 0 Å². The number of carbonyl (C=O) groups is 1. The third-order valence-electron chi connectivity index (χ3n) is 1.01. The molecule has 0 bridgehead atoms. The van der Waals surface area contributed by atoms with Gasteiger partial charge in [0, 0.05) is 23.0 Å². The highest BCUT2D eigenvalue weighted by atomic mass is 79.9. The highest BCUT2D eigenvalue weighted by Crippen LogP contribution is 2.04. The predicted molar refractivity (Wildman–Crippen MR) is 56.9 cm³/mol. The van der Waals surface area contributed by atoms with E-state index in [2.05, 4.69) is 32.2 Å². The molecule has 0 aliphatic carbocycles. The Morgan fingerprint density at radius 1 is 1.54 bits per heavy atom. The minimum atomic E-state index is -0.397. The highest BCUT2D eigenvalue weighted by molar-refractivity contribution is 9.11. The molecule has 0 spiro atoms. The summed E-state index contributed by atoms with van der Waals surface area (Å²) in [5.41, 5.74) is 0. The molecule has 4 heteroatoms. The molecular formula is C9H10BrNO2. The van der Waals surface area contributed by atoms with Gasteiger partial charge in [0.15, 0.2) is 0 Å². The molecule has 3 nitrogen and oxygen atoms in total. The fourth-order valence-corrected chi connectivity index (χ4v) is 0.697. The van der Waals surface area contributed by atoms with Crippen molar-refractivity contribution in [2.45, 2.75) is 0 Å². The normalized spacial score (nSPS) is 12.3. The SMILES string of the molecule is C=CN=C/C=C(Br)\C=C\C(=O)OC. The number of hydrogen-bond donors (Lipinski definition) is 0. The first-order valence-corrected chi connectivity index (χ1v) is 4.26. The maximum atomic E-state index is 10.6. The number of nitrogens with zero attached hydrogens (tertiary/aromatic N) is 1. The Labute approximate surface area is 85.6 Å². The van der Waals surface area contributed by atoms with Gasteiger partial charge < -0.3 is 4.74 Å². The molecule has 0 aromatic carbocycles. The molecule has 0 radical (unpaired) electrons. The van der Waals surface area contributed by atoms with Gasteiger partial charge in [0.1, 0.15) is 0 Å². The van der Waals surface area contributed by atoms with E-state index >= 15 is 0 Å². The van der Waals surface area contributed by atoms with Gasteiger partial charge >= 0.3 is 5.97 Å². The van der Waals surface area contributed by atoms with Gasteiger partial charge in [-0.3, -0.25) is 4.99 Å². The van der Waals surface area contributed by atoms with Crippen LogP contribution in [0.5, 0.6) is 0 Å². The second kappa shape index (κ2) is 7.49. The molecule has 0 fully saturated rings. The van der Waals surface area contributed by atoms with E-state index in [4.69, 9.17) is 0 Å². The summed E-state index contributed by atoms with van der Waals surface area (Å²) >= 11 is 3.21. The van der Waals surface area contributed by atoms with Crippen LogP contribution in [0.2, 0.25) is 0 Å². The quantitative estimate of drug-likeness (QED) is 0.329. The number of carbonyl (C=O) groups excluding carboxylic acids is 1. The van der Waals surface area contributed by atoms with Crippen LogP contribution in [0.25, 0.3) is 0 Å². The summed E-state index contributed by atoms with van der Waals surface area (Å²) in [6.07, 6.45) is 7.53. The van der Waals surface area contributed by atoms with Gasteiger partial charge in [0.05, 0.1) is 7.11 Å². The van der Waals surface area contributed by atoms with Crippen LogP contribution in [-0.4, -0.2) is 19.3 Å². The zero-order valence-corrected chi connectivity index (χ0v) is 8.82. The molecule has 0 heterocycles. The lowest BCUT2D eigenvalue weighted by Crippen LogP contribution is -1.93. The molecule has 0 amide bonds. The van der Waals surface area contributed by atoms with Crippen molar-refractivity contribution in [1.82, 2.24) is 0 Å². The first-order valence-electron chi connectivity index (χ1n) is 3.46. The number of hydrogen-bond acceptors (Lipinski definition) is 3. The number of ether oxygens (including phenoxy) is 1. The smallest absolute Gasteiger partial charge is 0.330 e. The van der Waals surface area contributed by atoms with E-state index in [0.29, 0.717) is 0 Å². The Balaban J connectivity index is 4.12. The molecule has 13 heavy (non-hydrogen) atoms. The molecule has 0 aliphatic rings. The molecule has 0 N–H and O–H groups in total. The van der Waals surface area contributed by atoms with E-state index in [1.807, 2.05) is 0 Å². The largest absolute Gasteiger partial charge is 0.466 e. The number of esters is 1. The first-order chi connectivity index (χ1) is 6.20. The zero-order valence-electron chi connectivity index (χ0n) is 7.24. The van der Waals surface area contributed by atoms with Crippen molar-refractivity contribution in [3.63, 3.8) is 0 Å². The van der Waals surface area contributed by atoms with Crippen LogP contribution in [0.4, 0.5) is 0 Å².